The number of para-hydroxylation sites is 4. The van der Waals surface area contributed by atoms with Gasteiger partial charge in [0.2, 0.25) is 0 Å². The largest absolute Gasteiger partial charge is 0.00934 e. The third-order valence-electron chi connectivity index (χ3n) is 12.2. The van der Waals surface area contributed by atoms with Crippen molar-refractivity contribution in [2.45, 2.75) is 186 Å². The summed E-state index contributed by atoms with van der Waals surface area (Å²) in [5.41, 5.74) is 20.7. The summed E-state index contributed by atoms with van der Waals surface area (Å²) in [6, 6.07) is 26.9. The van der Waals surface area contributed by atoms with Gasteiger partial charge >= 0.3 is 436 Å². The topological polar surface area (TPSA) is 31.2 Å². The summed E-state index contributed by atoms with van der Waals surface area (Å²) in [6.45, 7) is 45.1. The first kappa shape index (κ1) is 60.9. The third kappa shape index (κ3) is 16.4. The predicted molar refractivity (Wildman–Crippen MR) is 314 cm³/mol. The molecule has 0 aliphatic carbocycles. The molecule has 0 amide bonds. The molecule has 0 spiro atoms. The Morgan fingerprint density at radius 1 is 0.388 bits per heavy atom. The van der Waals surface area contributed by atoms with Gasteiger partial charge < -0.3 is 0 Å². The SMILES string of the molecule is CC(/C=C(/C)[N]([Ga][Br])c1c(C(C)C)cccc1C(C)C)=Nc1c(C(C)C)cccc1C(C)C.CC(/C=C(/C)[N]([Ga][Br])c1c(C(C)C)cccc1C(C)C)=Nc1c(C(C)C)cccc1C(C)C.[SiH2]. The van der Waals surface area contributed by atoms with Crippen molar-refractivity contribution < 1.29 is 0 Å². The summed E-state index contributed by atoms with van der Waals surface area (Å²) in [4.78, 5) is 10.4. The Morgan fingerprint density at radius 2 is 0.582 bits per heavy atom. The van der Waals surface area contributed by atoms with Gasteiger partial charge in [0, 0.05) is 0 Å². The van der Waals surface area contributed by atoms with Crippen LogP contribution < -0.4 is 7.21 Å². The minimum Gasteiger partial charge on any atom is -0.00934 e. The Labute approximate surface area is 443 Å². The molecule has 4 radical (unpaired) electrons. The van der Waals surface area contributed by atoms with E-state index >= 15 is 0 Å². The number of rotatable bonds is 18. The monoisotopic (exact) mass is 1160 g/mol. The van der Waals surface area contributed by atoms with Crippen LogP contribution in [0.1, 0.15) is 230 Å². The maximum absolute atomic E-state index is 5.18. The van der Waals surface area contributed by atoms with Gasteiger partial charge in [0.1, 0.15) is 0 Å². The summed E-state index contributed by atoms with van der Waals surface area (Å²) < 4.78 is 5.09. The second kappa shape index (κ2) is 28.6. The van der Waals surface area contributed by atoms with E-state index in [2.05, 4.69) is 258 Å². The smallest absolute Gasteiger partial charge is 0.00934 e. The summed E-state index contributed by atoms with van der Waals surface area (Å²) >= 11 is 6.22. The van der Waals surface area contributed by atoms with Crippen molar-refractivity contribution in [2.24, 2.45) is 9.98 Å². The molecule has 4 aromatic rings. The van der Waals surface area contributed by atoms with E-state index < -0.39 is 31.3 Å². The molecule has 0 heterocycles. The molecule has 360 valence electrons. The Balaban J connectivity index is 0.000000453. The van der Waals surface area contributed by atoms with Gasteiger partial charge in [0.25, 0.3) is 0 Å². The van der Waals surface area contributed by atoms with Crippen molar-refractivity contribution in [3.8, 4) is 0 Å². The van der Waals surface area contributed by atoms with E-state index in [4.69, 9.17) is 9.98 Å². The van der Waals surface area contributed by atoms with E-state index in [9.17, 15) is 0 Å². The van der Waals surface area contributed by atoms with Crippen LogP contribution in [-0.4, -0.2) is 53.7 Å². The van der Waals surface area contributed by atoms with Crippen LogP contribution in [0.3, 0.4) is 0 Å². The Kier molecular flexibility index (Phi) is 25.9. The molecule has 0 N–H and O–H groups in total. The molecule has 0 unspecified atom stereocenters. The maximum Gasteiger partial charge on any atom is -0.00934 e. The Bertz CT molecular complexity index is 2070. The molecular formula is C58H84Br2Ga2N4Si. The van der Waals surface area contributed by atoms with E-state index in [-0.39, 0.29) is 11.0 Å². The quantitative estimate of drug-likeness (QED) is 0.0734. The van der Waals surface area contributed by atoms with Gasteiger partial charge in [0.05, 0.1) is 0 Å². The molecule has 0 aromatic heterocycles. The van der Waals surface area contributed by atoms with E-state index in [0.29, 0.717) is 47.3 Å². The molecule has 9 heteroatoms. The molecule has 4 nitrogen and oxygen atoms in total. The van der Waals surface area contributed by atoms with Crippen molar-refractivity contribution in [1.29, 1.82) is 0 Å². The van der Waals surface area contributed by atoms with Crippen molar-refractivity contribution in [1.82, 2.24) is 0 Å². The standard InChI is InChI=1S/2C29H41N2.2BrH.2Ga.H2Si/c2*1-18(2)24-13-11-14-25(19(3)4)28(24)30-22(9)17-23(10)31-29-26(20(5)6)15-12-16-27(29)21(7)8;;;;;/h2*11-21H,1-10H3;2*1H;;;1H2/q2*-1;;;2*+2;/p-2/b2*22-17-,31-23?;;;;;. The van der Waals surface area contributed by atoms with Gasteiger partial charge in [-0.2, -0.15) is 0 Å². The molecule has 0 aliphatic rings. The number of nitrogens with zero attached hydrogens (tertiary/aromatic N) is 4. The summed E-state index contributed by atoms with van der Waals surface area (Å²) in [5, 5.41) is 0. The number of hydrogen-bond acceptors (Lipinski definition) is 4. The van der Waals surface area contributed by atoms with Gasteiger partial charge in [-0.3, -0.25) is 0 Å². The van der Waals surface area contributed by atoms with Crippen LogP contribution in [0.2, 0.25) is 0 Å². The van der Waals surface area contributed by atoms with E-state index in [1.165, 1.54) is 67.3 Å². The number of aliphatic imine (C=N–C) groups is 2. The fourth-order valence-electron chi connectivity index (χ4n) is 8.63. The summed E-state index contributed by atoms with van der Waals surface area (Å²) in [5.74, 6) is 3.69. The number of allylic oxidation sites excluding steroid dienone is 4. The van der Waals surface area contributed by atoms with Crippen LogP contribution in [-0.2, 0) is 0 Å². The zero-order valence-electron chi connectivity index (χ0n) is 45.1. The minimum absolute atomic E-state index is 0. The second-order valence-corrected chi connectivity index (χ2v) is 27.6. The van der Waals surface area contributed by atoms with E-state index in [1.807, 2.05) is 0 Å². The third-order valence-corrected chi connectivity index (χ3v) is 20.1. The Morgan fingerprint density at radius 3 is 0.761 bits per heavy atom. The zero-order chi connectivity index (χ0) is 49.7. The number of hydrogen-bond donors (Lipinski definition) is 0. The fourth-order valence-corrected chi connectivity index (χ4v) is 16.7. The van der Waals surface area contributed by atoms with Gasteiger partial charge in [-0.1, -0.05) is 0 Å². The van der Waals surface area contributed by atoms with Crippen molar-refractivity contribution in [3.63, 3.8) is 0 Å². The molecule has 67 heavy (non-hydrogen) atoms. The molecule has 0 bridgehead atoms. The second-order valence-electron chi connectivity index (χ2n) is 20.4. The molecule has 0 aliphatic heterocycles. The van der Waals surface area contributed by atoms with Crippen molar-refractivity contribution in [3.05, 3.63) is 141 Å². The summed E-state index contributed by atoms with van der Waals surface area (Å²) in [6.07, 6.45) is 4.53. The maximum atomic E-state index is 5.18. The van der Waals surface area contributed by atoms with Crippen molar-refractivity contribution >= 4 is 104 Å². The van der Waals surface area contributed by atoms with Gasteiger partial charge in [-0.25, -0.2) is 0 Å². The molecule has 0 saturated heterocycles. The fraction of sp³-hybridized carbons (Fsp3) is 0.483. The van der Waals surface area contributed by atoms with Crippen LogP contribution >= 0.6 is 27.1 Å². The minimum atomic E-state index is -0.832. The zero-order valence-corrected chi connectivity index (χ0v) is 54.5. The van der Waals surface area contributed by atoms with Gasteiger partial charge in [-0.05, 0) is 11.0 Å². The van der Waals surface area contributed by atoms with E-state index in [1.54, 1.807) is 0 Å². The van der Waals surface area contributed by atoms with Crippen LogP contribution in [0.5, 0.6) is 0 Å². The van der Waals surface area contributed by atoms with Crippen LogP contribution in [0, 0.1) is 0 Å². The first-order valence-electron chi connectivity index (χ1n) is 24.4. The van der Waals surface area contributed by atoms with E-state index in [0.717, 1.165) is 22.8 Å². The molecule has 4 rings (SSSR count). The Hall–Kier alpha value is -2.25. The molecule has 0 atom stereocenters. The number of halogens is 2. The first-order chi connectivity index (χ1) is 31.0. The number of benzene rings is 4. The summed E-state index contributed by atoms with van der Waals surface area (Å²) in [7, 11) is 0. The first-order valence-corrected chi connectivity index (χ1v) is 37.9. The van der Waals surface area contributed by atoms with Crippen LogP contribution in [0.15, 0.2) is 106 Å². The van der Waals surface area contributed by atoms with Gasteiger partial charge in [-0.15, -0.1) is 0 Å². The molecule has 4 aromatic carbocycles. The van der Waals surface area contributed by atoms with Crippen LogP contribution in [0.25, 0.3) is 0 Å². The average Bonchev–Trinajstić information content (AvgIpc) is 3.23. The van der Waals surface area contributed by atoms with Gasteiger partial charge in [0.15, 0.2) is 0 Å². The normalized spacial score (nSPS) is 12.7. The average molecular weight is 1160 g/mol. The number of anilines is 2. The molecule has 0 fully saturated rings. The molecule has 0 saturated carbocycles. The van der Waals surface area contributed by atoms with Crippen molar-refractivity contribution in [2.75, 3.05) is 7.21 Å². The molecular weight excluding hydrogens is 1080 g/mol. The predicted octanol–water partition coefficient (Wildman–Crippen LogP) is 18.3. The van der Waals surface area contributed by atoms with Crippen LogP contribution in [0.4, 0.5) is 22.7 Å².